The second-order valence-corrected chi connectivity index (χ2v) is 3.72. The highest BCUT2D eigenvalue weighted by atomic mass is 16.5. The molecule has 2 rings (SSSR count). The van der Waals surface area contributed by atoms with Gasteiger partial charge in [0.15, 0.2) is 6.10 Å². The molecule has 0 fully saturated rings. The molecule has 2 aromatic rings. The lowest BCUT2D eigenvalue weighted by atomic mass is 10.1. The smallest absolute Gasteiger partial charge is 0.260 e. The van der Waals surface area contributed by atoms with Crippen LogP contribution in [0.2, 0.25) is 0 Å². The van der Waals surface area contributed by atoms with Crippen molar-refractivity contribution >= 4 is 11.9 Å². The van der Waals surface area contributed by atoms with Crippen molar-refractivity contribution in [2.24, 2.45) is 7.05 Å². The molecule has 0 aliphatic carbocycles. The van der Waals surface area contributed by atoms with Gasteiger partial charge in [-0.25, -0.2) is 4.68 Å². The topological polar surface area (TPSA) is 69.0 Å². The first kappa shape index (κ1) is 12.3. The van der Waals surface area contributed by atoms with Crippen LogP contribution in [-0.2, 0) is 16.6 Å². The number of benzene rings is 1. The van der Waals surface area contributed by atoms with Crippen LogP contribution < -0.4 is 5.32 Å². The average Bonchev–Trinajstić information content (AvgIpc) is 2.77. The van der Waals surface area contributed by atoms with E-state index in [1.54, 1.807) is 7.05 Å². The second-order valence-electron chi connectivity index (χ2n) is 3.72. The van der Waals surface area contributed by atoms with Gasteiger partial charge in [-0.2, -0.15) is 10.1 Å². The highest BCUT2D eigenvalue weighted by Gasteiger charge is 2.21. The molecule has 1 aromatic heterocycles. The Bertz CT molecular complexity index is 524. The van der Waals surface area contributed by atoms with E-state index in [9.17, 15) is 4.79 Å². The second kappa shape index (κ2) is 5.42. The summed E-state index contributed by atoms with van der Waals surface area (Å²) in [6, 6.07) is 9.28. The Kier molecular flexibility index (Phi) is 3.69. The first-order chi connectivity index (χ1) is 8.72. The number of rotatable bonds is 4. The van der Waals surface area contributed by atoms with Crippen molar-refractivity contribution < 1.29 is 9.53 Å². The monoisotopic (exact) mass is 246 g/mol. The van der Waals surface area contributed by atoms with Crippen molar-refractivity contribution in [1.29, 1.82) is 0 Å². The molecule has 0 aliphatic heterocycles. The minimum atomic E-state index is -0.664. The van der Waals surface area contributed by atoms with E-state index in [2.05, 4.69) is 15.4 Å². The predicted molar refractivity (Wildman–Crippen MR) is 65.8 cm³/mol. The molecule has 0 radical (unpaired) electrons. The van der Waals surface area contributed by atoms with Crippen LogP contribution in [0.4, 0.5) is 5.95 Å². The Balaban J connectivity index is 2.14. The molecule has 6 heteroatoms. The largest absolute Gasteiger partial charge is 0.367 e. The van der Waals surface area contributed by atoms with Gasteiger partial charge in [-0.15, -0.1) is 0 Å². The first-order valence-electron chi connectivity index (χ1n) is 5.45. The fourth-order valence-corrected chi connectivity index (χ4v) is 1.61. The number of hydrogen-bond acceptors (Lipinski definition) is 4. The molecular weight excluding hydrogens is 232 g/mol. The molecule has 18 heavy (non-hydrogen) atoms. The van der Waals surface area contributed by atoms with E-state index in [1.807, 2.05) is 30.3 Å². The molecule has 1 amide bonds. The third-order valence-electron chi connectivity index (χ3n) is 2.52. The number of nitrogens with zero attached hydrogens (tertiary/aromatic N) is 3. The molecular formula is C12H14N4O2. The summed E-state index contributed by atoms with van der Waals surface area (Å²) in [4.78, 5) is 16.0. The molecule has 0 saturated heterocycles. The normalized spacial score (nSPS) is 12.1. The van der Waals surface area contributed by atoms with Gasteiger partial charge >= 0.3 is 0 Å². The number of aromatic nitrogens is 3. The highest BCUT2D eigenvalue weighted by molar-refractivity contribution is 5.93. The lowest BCUT2D eigenvalue weighted by molar-refractivity contribution is -0.126. The van der Waals surface area contributed by atoms with Crippen LogP contribution in [0.25, 0.3) is 0 Å². The van der Waals surface area contributed by atoms with E-state index in [4.69, 9.17) is 4.74 Å². The van der Waals surface area contributed by atoms with Crippen LogP contribution >= 0.6 is 0 Å². The van der Waals surface area contributed by atoms with Gasteiger partial charge in [0.05, 0.1) is 0 Å². The van der Waals surface area contributed by atoms with E-state index >= 15 is 0 Å². The summed E-state index contributed by atoms with van der Waals surface area (Å²) in [5.74, 6) is 0.109. The zero-order valence-corrected chi connectivity index (χ0v) is 10.2. The Labute approximate surface area is 105 Å². The summed E-state index contributed by atoms with van der Waals surface area (Å²) >= 11 is 0. The summed E-state index contributed by atoms with van der Waals surface area (Å²) in [6.45, 7) is 0. The number of carbonyl (C=O) groups excluding carboxylic acids is 1. The van der Waals surface area contributed by atoms with Crippen molar-refractivity contribution in [3.63, 3.8) is 0 Å². The number of methoxy groups -OCH3 is 1. The van der Waals surface area contributed by atoms with Gasteiger partial charge in [0.1, 0.15) is 6.33 Å². The van der Waals surface area contributed by atoms with Crippen molar-refractivity contribution in [3.05, 3.63) is 42.2 Å². The standard InChI is InChI=1S/C12H14N4O2/c1-16-12(13-8-14-16)15-11(17)10(18-2)9-6-4-3-5-7-9/h3-8,10H,1-2H3,(H,13,14,15,17)/t10-/m0/s1. The average molecular weight is 246 g/mol. The number of nitrogens with one attached hydrogen (secondary N) is 1. The molecule has 1 atom stereocenters. The lowest BCUT2D eigenvalue weighted by Gasteiger charge is -2.14. The van der Waals surface area contributed by atoms with E-state index in [-0.39, 0.29) is 5.91 Å². The van der Waals surface area contributed by atoms with Gasteiger partial charge in [-0.3, -0.25) is 10.1 Å². The lowest BCUT2D eigenvalue weighted by Crippen LogP contribution is -2.24. The Hall–Kier alpha value is -2.21. The van der Waals surface area contributed by atoms with Gasteiger partial charge in [-0.1, -0.05) is 30.3 Å². The molecule has 6 nitrogen and oxygen atoms in total. The number of ether oxygens (including phenoxy) is 1. The maximum Gasteiger partial charge on any atom is 0.260 e. The third-order valence-corrected chi connectivity index (χ3v) is 2.52. The molecule has 1 heterocycles. The number of aryl methyl sites for hydroxylation is 1. The summed E-state index contributed by atoms with van der Waals surface area (Å²) in [6.07, 6.45) is 0.711. The van der Waals surface area contributed by atoms with Gasteiger partial charge in [0, 0.05) is 14.2 Å². The summed E-state index contributed by atoms with van der Waals surface area (Å²) in [7, 11) is 3.20. The number of amides is 1. The maximum atomic E-state index is 12.1. The Morgan fingerprint density at radius 1 is 1.39 bits per heavy atom. The predicted octanol–water partition coefficient (Wildman–Crippen LogP) is 1.14. The van der Waals surface area contributed by atoms with Gasteiger partial charge < -0.3 is 4.74 Å². The van der Waals surface area contributed by atoms with Crippen molar-refractivity contribution in [2.75, 3.05) is 12.4 Å². The van der Waals surface area contributed by atoms with Gasteiger partial charge in [0.25, 0.3) is 5.91 Å². The molecule has 0 spiro atoms. The fourth-order valence-electron chi connectivity index (χ4n) is 1.61. The molecule has 1 aromatic carbocycles. The van der Waals surface area contributed by atoms with Crippen LogP contribution in [0.1, 0.15) is 11.7 Å². The first-order valence-corrected chi connectivity index (χ1v) is 5.45. The minimum Gasteiger partial charge on any atom is -0.367 e. The highest BCUT2D eigenvalue weighted by Crippen LogP contribution is 2.17. The van der Waals surface area contributed by atoms with Crippen LogP contribution in [0.5, 0.6) is 0 Å². The molecule has 0 bridgehead atoms. The van der Waals surface area contributed by atoms with Crippen LogP contribution in [-0.4, -0.2) is 27.8 Å². The van der Waals surface area contributed by atoms with E-state index in [0.29, 0.717) is 5.95 Å². The zero-order chi connectivity index (χ0) is 13.0. The van der Waals surface area contributed by atoms with E-state index < -0.39 is 6.10 Å². The number of anilines is 1. The van der Waals surface area contributed by atoms with Gasteiger partial charge in [-0.05, 0) is 5.56 Å². The Morgan fingerprint density at radius 2 is 2.11 bits per heavy atom. The van der Waals surface area contributed by atoms with Crippen LogP contribution in [0, 0.1) is 0 Å². The molecule has 1 N–H and O–H groups in total. The Morgan fingerprint density at radius 3 is 2.67 bits per heavy atom. The van der Waals surface area contributed by atoms with E-state index in [1.165, 1.54) is 18.1 Å². The quantitative estimate of drug-likeness (QED) is 0.878. The van der Waals surface area contributed by atoms with E-state index in [0.717, 1.165) is 5.56 Å². The molecule has 0 saturated carbocycles. The van der Waals surface area contributed by atoms with Crippen LogP contribution in [0.15, 0.2) is 36.7 Å². The maximum absolute atomic E-state index is 12.1. The van der Waals surface area contributed by atoms with Crippen molar-refractivity contribution in [3.8, 4) is 0 Å². The number of hydrogen-bond donors (Lipinski definition) is 1. The fraction of sp³-hybridized carbons (Fsp3) is 0.250. The van der Waals surface area contributed by atoms with Crippen molar-refractivity contribution in [1.82, 2.24) is 14.8 Å². The SMILES string of the molecule is CO[C@H](C(=O)Nc1ncnn1C)c1ccccc1. The van der Waals surface area contributed by atoms with Crippen LogP contribution in [0.3, 0.4) is 0 Å². The number of carbonyl (C=O) groups is 1. The van der Waals surface area contributed by atoms with Crippen molar-refractivity contribution in [2.45, 2.75) is 6.10 Å². The summed E-state index contributed by atoms with van der Waals surface area (Å²) in [5, 5.41) is 6.54. The summed E-state index contributed by atoms with van der Waals surface area (Å²) < 4.78 is 6.70. The molecule has 0 aliphatic rings. The molecule has 0 unspecified atom stereocenters. The minimum absolute atomic E-state index is 0.278. The summed E-state index contributed by atoms with van der Waals surface area (Å²) in [5.41, 5.74) is 0.791. The van der Waals surface area contributed by atoms with Gasteiger partial charge in [0.2, 0.25) is 5.95 Å². The molecule has 94 valence electrons. The zero-order valence-electron chi connectivity index (χ0n) is 10.2. The third kappa shape index (κ3) is 2.54.